The third kappa shape index (κ3) is 2.07. The van der Waals surface area contributed by atoms with Gasteiger partial charge in [-0.25, -0.2) is 4.79 Å². The molecule has 0 radical (unpaired) electrons. The first-order valence-corrected chi connectivity index (χ1v) is 6.37. The Balaban J connectivity index is 2.39. The fraction of sp³-hybridized carbons (Fsp3) is 0.118. The number of hydrogen-bond acceptors (Lipinski definition) is 3. The predicted octanol–water partition coefficient (Wildman–Crippen LogP) is 3.78. The zero-order chi connectivity index (χ0) is 14.1. The van der Waals surface area contributed by atoms with E-state index in [0.29, 0.717) is 5.58 Å². The van der Waals surface area contributed by atoms with Crippen LogP contribution in [0.3, 0.4) is 0 Å². The number of fused-ring (bicyclic) bond motifs is 1. The minimum atomic E-state index is -0.346. The maximum absolute atomic E-state index is 11.7. The Labute approximate surface area is 116 Å². The summed E-state index contributed by atoms with van der Waals surface area (Å²) in [6.45, 7) is 2.02. The summed E-state index contributed by atoms with van der Waals surface area (Å²) in [5, 5.41) is 0.873. The summed E-state index contributed by atoms with van der Waals surface area (Å²) in [7, 11) is 1.62. The first-order valence-electron chi connectivity index (χ1n) is 6.37. The van der Waals surface area contributed by atoms with E-state index >= 15 is 0 Å². The van der Waals surface area contributed by atoms with E-state index in [9.17, 15) is 4.79 Å². The molecule has 0 spiro atoms. The van der Waals surface area contributed by atoms with E-state index in [1.165, 1.54) is 6.07 Å². The molecule has 0 saturated heterocycles. The van der Waals surface area contributed by atoms with Crippen molar-refractivity contribution in [3.8, 4) is 16.9 Å². The van der Waals surface area contributed by atoms with Gasteiger partial charge in [-0.3, -0.25) is 0 Å². The molecular formula is C17H14O3. The highest BCUT2D eigenvalue weighted by Crippen LogP contribution is 2.31. The quantitative estimate of drug-likeness (QED) is 0.663. The maximum atomic E-state index is 11.7. The minimum absolute atomic E-state index is 0.346. The third-order valence-corrected chi connectivity index (χ3v) is 3.38. The standard InChI is InChI=1S/C17H14O3/c1-11-5-3-4-6-13(11)14-10-17(18)20-16-8-7-12(19-2)9-15(14)16/h3-10H,1-2H3. The highest BCUT2D eigenvalue weighted by molar-refractivity contribution is 5.94. The molecule has 1 aromatic heterocycles. The number of hydrogen-bond donors (Lipinski definition) is 0. The van der Waals surface area contributed by atoms with Crippen LogP contribution in [0.4, 0.5) is 0 Å². The van der Waals surface area contributed by atoms with Gasteiger partial charge < -0.3 is 9.15 Å². The summed E-state index contributed by atoms with van der Waals surface area (Å²) in [6.07, 6.45) is 0. The van der Waals surface area contributed by atoms with E-state index in [1.54, 1.807) is 19.2 Å². The second-order valence-electron chi connectivity index (χ2n) is 4.66. The van der Waals surface area contributed by atoms with Crippen LogP contribution in [0.15, 0.2) is 57.7 Å². The molecule has 100 valence electrons. The molecule has 3 nitrogen and oxygen atoms in total. The fourth-order valence-electron chi connectivity index (χ4n) is 2.37. The van der Waals surface area contributed by atoms with E-state index in [0.717, 1.165) is 27.8 Å². The molecule has 0 aliphatic carbocycles. The summed E-state index contributed by atoms with van der Waals surface area (Å²) in [6, 6.07) is 14.9. The van der Waals surface area contributed by atoms with E-state index in [-0.39, 0.29) is 5.63 Å². The van der Waals surface area contributed by atoms with Gasteiger partial charge in [-0.2, -0.15) is 0 Å². The molecule has 0 saturated carbocycles. The molecule has 0 unspecified atom stereocenters. The van der Waals surface area contributed by atoms with Gasteiger partial charge in [0.1, 0.15) is 11.3 Å². The van der Waals surface area contributed by atoms with Gasteiger partial charge in [0.25, 0.3) is 0 Å². The summed E-state index contributed by atoms with van der Waals surface area (Å²) in [4.78, 5) is 11.7. The zero-order valence-corrected chi connectivity index (χ0v) is 11.3. The summed E-state index contributed by atoms with van der Waals surface area (Å²) < 4.78 is 10.5. The van der Waals surface area contributed by atoms with Crippen LogP contribution in [-0.4, -0.2) is 7.11 Å². The molecule has 2 aromatic carbocycles. The van der Waals surface area contributed by atoms with E-state index < -0.39 is 0 Å². The Bertz CT molecular complexity index is 831. The second kappa shape index (κ2) is 4.85. The lowest BCUT2D eigenvalue weighted by Gasteiger charge is -2.09. The first-order chi connectivity index (χ1) is 9.69. The van der Waals surface area contributed by atoms with Crippen LogP contribution in [0.1, 0.15) is 5.56 Å². The highest BCUT2D eigenvalue weighted by atomic mass is 16.5. The zero-order valence-electron chi connectivity index (χ0n) is 11.3. The normalized spacial score (nSPS) is 10.7. The second-order valence-corrected chi connectivity index (χ2v) is 4.66. The Morgan fingerprint density at radius 2 is 1.80 bits per heavy atom. The topological polar surface area (TPSA) is 39.4 Å². The molecule has 0 bridgehead atoms. The van der Waals surface area contributed by atoms with Crippen LogP contribution in [0, 0.1) is 6.92 Å². The largest absolute Gasteiger partial charge is 0.497 e. The number of methoxy groups -OCH3 is 1. The van der Waals surface area contributed by atoms with Crippen molar-refractivity contribution in [3.05, 3.63) is 64.5 Å². The average Bonchev–Trinajstić information content (AvgIpc) is 2.46. The molecular weight excluding hydrogens is 252 g/mol. The number of ether oxygens (including phenoxy) is 1. The van der Waals surface area contributed by atoms with Gasteiger partial charge in [-0.1, -0.05) is 24.3 Å². The van der Waals surface area contributed by atoms with Crippen molar-refractivity contribution in [1.29, 1.82) is 0 Å². The Hall–Kier alpha value is -2.55. The van der Waals surface area contributed by atoms with Gasteiger partial charge in [0.15, 0.2) is 0 Å². The van der Waals surface area contributed by atoms with Crippen molar-refractivity contribution in [2.24, 2.45) is 0 Å². The first kappa shape index (κ1) is 12.5. The molecule has 0 N–H and O–H groups in total. The third-order valence-electron chi connectivity index (χ3n) is 3.38. The van der Waals surface area contributed by atoms with Crippen LogP contribution < -0.4 is 10.4 Å². The Kier molecular flexibility index (Phi) is 3.03. The van der Waals surface area contributed by atoms with Gasteiger partial charge in [0.2, 0.25) is 0 Å². The van der Waals surface area contributed by atoms with Crippen molar-refractivity contribution in [2.75, 3.05) is 7.11 Å². The van der Waals surface area contributed by atoms with Crippen LogP contribution in [0.25, 0.3) is 22.1 Å². The van der Waals surface area contributed by atoms with Gasteiger partial charge in [-0.05, 0) is 36.2 Å². The van der Waals surface area contributed by atoms with Crippen molar-refractivity contribution < 1.29 is 9.15 Å². The van der Waals surface area contributed by atoms with Gasteiger partial charge >= 0.3 is 5.63 Å². The smallest absolute Gasteiger partial charge is 0.336 e. The molecule has 0 atom stereocenters. The van der Waals surface area contributed by atoms with E-state index in [1.807, 2.05) is 37.3 Å². The number of aryl methyl sites for hydroxylation is 1. The fourth-order valence-corrected chi connectivity index (χ4v) is 2.37. The van der Waals surface area contributed by atoms with Crippen LogP contribution in [-0.2, 0) is 0 Å². The molecule has 1 heterocycles. The van der Waals surface area contributed by atoms with Crippen LogP contribution >= 0.6 is 0 Å². The number of rotatable bonds is 2. The summed E-state index contributed by atoms with van der Waals surface area (Å²) in [5.41, 5.74) is 3.23. The SMILES string of the molecule is COc1ccc2oc(=O)cc(-c3ccccc3C)c2c1. The molecule has 0 aliphatic heterocycles. The van der Waals surface area contributed by atoms with E-state index in [2.05, 4.69) is 0 Å². The monoisotopic (exact) mass is 266 g/mol. The highest BCUT2D eigenvalue weighted by Gasteiger charge is 2.10. The molecule has 0 fully saturated rings. The average molecular weight is 266 g/mol. The van der Waals surface area contributed by atoms with Crippen molar-refractivity contribution in [3.63, 3.8) is 0 Å². The predicted molar refractivity (Wildman–Crippen MR) is 79.2 cm³/mol. The maximum Gasteiger partial charge on any atom is 0.336 e. The minimum Gasteiger partial charge on any atom is -0.497 e. The van der Waals surface area contributed by atoms with Crippen molar-refractivity contribution >= 4 is 11.0 Å². The molecule has 3 heteroatoms. The summed E-state index contributed by atoms with van der Waals surface area (Å²) >= 11 is 0. The molecule has 3 aromatic rings. The Morgan fingerprint density at radius 1 is 1.00 bits per heavy atom. The van der Waals surface area contributed by atoms with Gasteiger partial charge in [-0.15, -0.1) is 0 Å². The lowest BCUT2D eigenvalue weighted by atomic mass is 9.98. The van der Waals surface area contributed by atoms with Crippen LogP contribution in [0.2, 0.25) is 0 Å². The van der Waals surface area contributed by atoms with Gasteiger partial charge in [0.05, 0.1) is 7.11 Å². The lowest BCUT2D eigenvalue weighted by molar-refractivity contribution is 0.415. The van der Waals surface area contributed by atoms with Crippen molar-refractivity contribution in [2.45, 2.75) is 6.92 Å². The molecule has 0 amide bonds. The Morgan fingerprint density at radius 3 is 2.55 bits per heavy atom. The number of benzene rings is 2. The summed E-state index contributed by atoms with van der Waals surface area (Å²) in [5.74, 6) is 0.737. The van der Waals surface area contributed by atoms with Gasteiger partial charge in [0, 0.05) is 17.0 Å². The molecule has 0 aliphatic rings. The van der Waals surface area contributed by atoms with Crippen LogP contribution in [0.5, 0.6) is 5.75 Å². The molecule has 20 heavy (non-hydrogen) atoms. The van der Waals surface area contributed by atoms with Crippen molar-refractivity contribution in [1.82, 2.24) is 0 Å². The molecule has 3 rings (SSSR count). The van der Waals surface area contributed by atoms with E-state index in [4.69, 9.17) is 9.15 Å². The lowest BCUT2D eigenvalue weighted by Crippen LogP contribution is -1.99.